The van der Waals surface area contributed by atoms with Gasteiger partial charge in [0.15, 0.2) is 0 Å². The predicted octanol–water partition coefficient (Wildman–Crippen LogP) is 4.11. The van der Waals surface area contributed by atoms with Crippen LogP contribution in [0.4, 0.5) is 5.69 Å². The standard InChI is InChI=1S/C24H30N2O4/c1-3-29-22-7-5-6-18(16-22)17-26-14-12-19(13-15-26)23(27)25-21-10-8-20(9-11-21)24(28)30-4-2/h5-11,16,19H,3-4,12-15,17H2,1-2H3,(H,25,27). The van der Waals surface area contributed by atoms with Crippen LogP contribution < -0.4 is 10.1 Å². The summed E-state index contributed by atoms with van der Waals surface area (Å²) in [6.07, 6.45) is 1.66. The summed E-state index contributed by atoms with van der Waals surface area (Å²) < 4.78 is 10.6. The highest BCUT2D eigenvalue weighted by molar-refractivity contribution is 5.94. The number of anilines is 1. The van der Waals surface area contributed by atoms with E-state index in [-0.39, 0.29) is 17.8 Å². The Hall–Kier alpha value is -2.86. The van der Waals surface area contributed by atoms with Gasteiger partial charge in [0.2, 0.25) is 5.91 Å². The molecule has 0 spiro atoms. The lowest BCUT2D eigenvalue weighted by Crippen LogP contribution is -2.37. The van der Waals surface area contributed by atoms with Crippen LogP contribution in [0.25, 0.3) is 0 Å². The zero-order chi connectivity index (χ0) is 21.3. The van der Waals surface area contributed by atoms with Gasteiger partial charge in [-0.05, 0) is 81.7 Å². The second-order valence-corrected chi connectivity index (χ2v) is 7.42. The molecule has 0 saturated carbocycles. The Morgan fingerprint density at radius 3 is 2.43 bits per heavy atom. The number of nitrogens with zero attached hydrogens (tertiary/aromatic N) is 1. The minimum absolute atomic E-state index is 0.000687. The second kappa shape index (κ2) is 10.8. The maximum atomic E-state index is 12.6. The number of esters is 1. The van der Waals surface area contributed by atoms with Crippen LogP contribution in [0.5, 0.6) is 5.75 Å². The number of nitrogens with one attached hydrogen (secondary N) is 1. The molecular weight excluding hydrogens is 380 g/mol. The first-order chi connectivity index (χ1) is 14.6. The lowest BCUT2D eigenvalue weighted by molar-refractivity contribution is -0.121. The fourth-order valence-electron chi connectivity index (χ4n) is 3.66. The number of likely N-dealkylation sites (tertiary alicyclic amines) is 1. The minimum atomic E-state index is -0.352. The molecule has 6 nitrogen and oxygen atoms in total. The zero-order valence-corrected chi connectivity index (χ0v) is 17.7. The Balaban J connectivity index is 1.47. The molecule has 160 valence electrons. The van der Waals surface area contributed by atoms with E-state index in [1.165, 1.54) is 5.56 Å². The smallest absolute Gasteiger partial charge is 0.338 e. The van der Waals surface area contributed by atoms with Crippen LogP contribution in [-0.2, 0) is 16.1 Å². The minimum Gasteiger partial charge on any atom is -0.494 e. The van der Waals surface area contributed by atoms with Gasteiger partial charge in [0, 0.05) is 18.2 Å². The summed E-state index contributed by atoms with van der Waals surface area (Å²) in [6, 6.07) is 15.0. The summed E-state index contributed by atoms with van der Waals surface area (Å²) in [5.74, 6) is 0.588. The van der Waals surface area contributed by atoms with E-state index >= 15 is 0 Å². The number of rotatable bonds is 8. The number of hydrogen-bond acceptors (Lipinski definition) is 5. The summed E-state index contributed by atoms with van der Waals surface area (Å²) in [4.78, 5) is 26.7. The molecule has 30 heavy (non-hydrogen) atoms. The third-order valence-corrected chi connectivity index (χ3v) is 5.24. The van der Waals surface area contributed by atoms with Gasteiger partial charge in [-0.2, -0.15) is 0 Å². The van der Waals surface area contributed by atoms with Crippen molar-refractivity contribution < 1.29 is 19.1 Å². The number of ether oxygens (including phenoxy) is 2. The zero-order valence-electron chi connectivity index (χ0n) is 17.7. The first-order valence-electron chi connectivity index (χ1n) is 10.6. The number of hydrogen-bond donors (Lipinski definition) is 1. The van der Waals surface area contributed by atoms with Crippen LogP contribution in [0.3, 0.4) is 0 Å². The molecule has 0 radical (unpaired) electrons. The van der Waals surface area contributed by atoms with E-state index in [9.17, 15) is 9.59 Å². The van der Waals surface area contributed by atoms with E-state index in [1.54, 1.807) is 31.2 Å². The van der Waals surface area contributed by atoms with Gasteiger partial charge < -0.3 is 14.8 Å². The number of carbonyl (C=O) groups is 2. The van der Waals surface area contributed by atoms with Crippen LogP contribution in [0, 0.1) is 5.92 Å². The summed E-state index contributed by atoms with van der Waals surface area (Å²) in [5.41, 5.74) is 2.41. The van der Waals surface area contributed by atoms with Crippen molar-refractivity contribution in [2.45, 2.75) is 33.2 Å². The highest BCUT2D eigenvalue weighted by Crippen LogP contribution is 2.22. The van der Waals surface area contributed by atoms with Gasteiger partial charge in [0.1, 0.15) is 5.75 Å². The normalized spacial score (nSPS) is 14.9. The average molecular weight is 411 g/mol. The summed E-state index contributed by atoms with van der Waals surface area (Å²) in [7, 11) is 0. The molecule has 2 aromatic carbocycles. The van der Waals surface area contributed by atoms with Gasteiger partial charge in [-0.25, -0.2) is 4.79 Å². The lowest BCUT2D eigenvalue weighted by atomic mass is 9.95. The summed E-state index contributed by atoms with van der Waals surface area (Å²) in [5, 5.41) is 2.97. The maximum Gasteiger partial charge on any atom is 0.338 e. The molecule has 1 amide bonds. The number of benzene rings is 2. The molecule has 1 aliphatic heterocycles. The van der Waals surface area contributed by atoms with Gasteiger partial charge >= 0.3 is 5.97 Å². The molecule has 0 atom stereocenters. The van der Waals surface area contributed by atoms with Crippen molar-refractivity contribution in [2.24, 2.45) is 5.92 Å². The highest BCUT2D eigenvalue weighted by atomic mass is 16.5. The van der Waals surface area contributed by atoms with Crippen molar-refractivity contribution >= 4 is 17.6 Å². The molecule has 1 saturated heterocycles. The summed E-state index contributed by atoms with van der Waals surface area (Å²) in [6.45, 7) is 7.40. The number of piperidine rings is 1. The van der Waals surface area contributed by atoms with Crippen molar-refractivity contribution in [3.8, 4) is 5.75 Å². The van der Waals surface area contributed by atoms with Crippen LogP contribution >= 0.6 is 0 Å². The van der Waals surface area contributed by atoms with Crippen molar-refractivity contribution in [3.63, 3.8) is 0 Å². The Morgan fingerprint density at radius 2 is 1.77 bits per heavy atom. The third kappa shape index (κ3) is 6.07. The molecule has 0 aromatic heterocycles. The van der Waals surface area contributed by atoms with E-state index in [0.29, 0.717) is 24.5 Å². The molecule has 0 aliphatic carbocycles. The molecule has 1 N–H and O–H groups in total. The van der Waals surface area contributed by atoms with Crippen molar-refractivity contribution in [3.05, 3.63) is 59.7 Å². The first kappa shape index (κ1) is 21.8. The Morgan fingerprint density at radius 1 is 1.03 bits per heavy atom. The molecule has 0 bridgehead atoms. The molecule has 2 aromatic rings. The number of amides is 1. The molecule has 1 aliphatic rings. The van der Waals surface area contributed by atoms with E-state index in [4.69, 9.17) is 9.47 Å². The predicted molar refractivity (Wildman–Crippen MR) is 117 cm³/mol. The van der Waals surface area contributed by atoms with E-state index in [2.05, 4.69) is 22.3 Å². The van der Waals surface area contributed by atoms with Crippen LogP contribution in [0.1, 0.15) is 42.6 Å². The largest absolute Gasteiger partial charge is 0.494 e. The quantitative estimate of drug-likeness (QED) is 0.663. The van der Waals surface area contributed by atoms with Crippen molar-refractivity contribution in [1.82, 2.24) is 4.90 Å². The SMILES string of the molecule is CCOC(=O)c1ccc(NC(=O)C2CCN(Cc3cccc(OCC)c3)CC2)cc1. The van der Waals surface area contributed by atoms with E-state index < -0.39 is 0 Å². The highest BCUT2D eigenvalue weighted by Gasteiger charge is 2.25. The number of carbonyl (C=O) groups excluding carboxylic acids is 2. The van der Waals surface area contributed by atoms with Crippen LogP contribution in [0.2, 0.25) is 0 Å². The van der Waals surface area contributed by atoms with Gasteiger partial charge in [-0.15, -0.1) is 0 Å². The lowest BCUT2D eigenvalue weighted by Gasteiger charge is -2.31. The second-order valence-electron chi connectivity index (χ2n) is 7.42. The average Bonchev–Trinajstić information content (AvgIpc) is 2.75. The molecule has 3 rings (SSSR count). The molecule has 6 heteroatoms. The van der Waals surface area contributed by atoms with Crippen molar-refractivity contribution in [1.29, 1.82) is 0 Å². The third-order valence-electron chi connectivity index (χ3n) is 5.24. The summed E-state index contributed by atoms with van der Waals surface area (Å²) >= 11 is 0. The molecule has 0 unspecified atom stereocenters. The van der Waals surface area contributed by atoms with Crippen LogP contribution in [0.15, 0.2) is 48.5 Å². The van der Waals surface area contributed by atoms with E-state index in [1.807, 2.05) is 19.1 Å². The molecular formula is C24H30N2O4. The van der Waals surface area contributed by atoms with Gasteiger partial charge in [0.05, 0.1) is 18.8 Å². The first-order valence-corrected chi connectivity index (χ1v) is 10.6. The topological polar surface area (TPSA) is 67.9 Å². The molecule has 1 heterocycles. The van der Waals surface area contributed by atoms with Gasteiger partial charge in [-0.3, -0.25) is 9.69 Å². The van der Waals surface area contributed by atoms with Gasteiger partial charge in [-0.1, -0.05) is 12.1 Å². The van der Waals surface area contributed by atoms with Gasteiger partial charge in [0.25, 0.3) is 0 Å². The van der Waals surface area contributed by atoms with Crippen molar-refractivity contribution in [2.75, 3.05) is 31.6 Å². The fourth-order valence-corrected chi connectivity index (χ4v) is 3.66. The van der Waals surface area contributed by atoms with E-state index in [0.717, 1.165) is 38.2 Å². The molecule has 1 fully saturated rings. The Labute approximate surface area is 178 Å². The maximum absolute atomic E-state index is 12.6. The Bertz CT molecular complexity index is 843. The fraction of sp³-hybridized carbons (Fsp3) is 0.417. The monoisotopic (exact) mass is 410 g/mol. The van der Waals surface area contributed by atoms with Crippen LogP contribution in [-0.4, -0.2) is 43.1 Å². The Kier molecular flexibility index (Phi) is 7.85.